The van der Waals surface area contributed by atoms with E-state index >= 15 is 0 Å². The first kappa shape index (κ1) is 17.9. The minimum Gasteiger partial charge on any atom is -0.354 e. The highest BCUT2D eigenvalue weighted by Crippen LogP contribution is 2.33. The highest BCUT2D eigenvalue weighted by atomic mass is 19.1. The molecule has 25 heavy (non-hydrogen) atoms. The second-order valence-electron chi connectivity index (χ2n) is 7.23. The van der Waals surface area contributed by atoms with E-state index in [-0.39, 0.29) is 35.8 Å². The number of nitrogens with one attached hydrogen (secondary N) is 2. The Balaban J connectivity index is 1.63. The zero-order chi connectivity index (χ0) is 18.0. The van der Waals surface area contributed by atoms with E-state index in [0.29, 0.717) is 12.5 Å². The zero-order valence-corrected chi connectivity index (χ0v) is 14.8. The van der Waals surface area contributed by atoms with Crippen LogP contribution >= 0.6 is 0 Å². The Morgan fingerprint density at radius 2 is 1.72 bits per heavy atom. The van der Waals surface area contributed by atoms with Gasteiger partial charge in [0.2, 0.25) is 11.8 Å². The highest BCUT2D eigenvalue weighted by Gasteiger charge is 2.39. The SMILES string of the molecule is CC(=O)NC1CCC(N[C@@H]2CC(=O)N(C)[C@@H]2c2ccc(F)cc2)CC1. The second kappa shape index (κ2) is 7.52. The maximum atomic E-state index is 13.2. The minimum atomic E-state index is -0.267. The van der Waals surface area contributed by atoms with Gasteiger partial charge in [0.1, 0.15) is 5.82 Å². The Hall–Kier alpha value is -1.95. The third-order valence-electron chi connectivity index (χ3n) is 5.38. The maximum absolute atomic E-state index is 13.2. The number of rotatable bonds is 4. The normalized spacial score (nSPS) is 29.7. The highest BCUT2D eigenvalue weighted by molar-refractivity contribution is 5.80. The summed E-state index contributed by atoms with van der Waals surface area (Å²) in [7, 11) is 1.81. The molecule has 1 aliphatic carbocycles. The number of carbonyl (C=O) groups excluding carboxylic acids is 2. The molecule has 0 spiro atoms. The molecule has 3 rings (SSSR count). The predicted octanol–water partition coefficient (Wildman–Crippen LogP) is 2.13. The van der Waals surface area contributed by atoms with Crippen LogP contribution in [0.3, 0.4) is 0 Å². The molecular formula is C19H26FN3O2. The van der Waals surface area contributed by atoms with Gasteiger partial charge in [-0.25, -0.2) is 4.39 Å². The molecule has 136 valence electrons. The van der Waals surface area contributed by atoms with Gasteiger partial charge < -0.3 is 15.5 Å². The molecule has 0 radical (unpaired) electrons. The lowest BCUT2D eigenvalue weighted by Gasteiger charge is -2.34. The van der Waals surface area contributed by atoms with Crippen LogP contribution in [-0.2, 0) is 9.59 Å². The van der Waals surface area contributed by atoms with Gasteiger partial charge in [-0.2, -0.15) is 0 Å². The molecule has 1 aromatic rings. The van der Waals surface area contributed by atoms with Gasteiger partial charge in [0.05, 0.1) is 6.04 Å². The largest absolute Gasteiger partial charge is 0.354 e. The number of likely N-dealkylation sites (tertiary alicyclic amines) is 1. The van der Waals surface area contributed by atoms with E-state index < -0.39 is 0 Å². The number of amides is 2. The van der Waals surface area contributed by atoms with E-state index in [0.717, 1.165) is 31.2 Å². The van der Waals surface area contributed by atoms with Gasteiger partial charge >= 0.3 is 0 Å². The fourth-order valence-corrected chi connectivity index (χ4v) is 4.13. The molecule has 2 N–H and O–H groups in total. The van der Waals surface area contributed by atoms with Gasteiger partial charge in [-0.15, -0.1) is 0 Å². The molecule has 2 fully saturated rings. The molecule has 2 amide bonds. The molecule has 5 nitrogen and oxygen atoms in total. The van der Waals surface area contributed by atoms with Crippen LogP contribution in [0.5, 0.6) is 0 Å². The Morgan fingerprint density at radius 3 is 2.32 bits per heavy atom. The molecule has 1 heterocycles. The number of halogens is 1. The zero-order valence-electron chi connectivity index (χ0n) is 14.8. The summed E-state index contributed by atoms with van der Waals surface area (Å²) in [5, 5.41) is 6.63. The number of hydrogen-bond acceptors (Lipinski definition) is 3. The Bertz CT molecular complexity index is 626. The van der Waals surface area contributed by atoms with Crippen LogP contribution in [0.4, 0.5) is 4.39 Å². The lowest BCUT2D eigenvalue weighted by Crippen LogP contribution is -2.46. The van der Waals surface area contributed by atoms with Crippen molar-refractivity contribution >= 4 is 11.8 Å². The summed E-state index contributed by atoms with van der Waals surface area (Å²) < 4.78 is 13.2. The van der Waals surface area contributed by atoms with Crippen LogP contribution in [0.15, 0.2) is 24.3 Å². The first-order valence-electron chi connectivity index (χ1n) is 8.98. The fourth-order valence-electron chi connectivity index (χ4n) is 4.13. The van der Waals surface area contributed by atoms with E-state index in [2.05, 4.69) is 10.6 Å². The van der Waals surface area contributed by atoms with Crippen molar-refractivity contribution in [3.63, 3.8) is 0 Å². The van der Waals surface area contributed by atoms with Gasteiger partial charge in [-0.05, 0) is 43.4 Å². The third kappa shape index (κ3) is 4.18. The van der Waals surface area contributed by atoms with Crippen molar-refractivity contribution in [3.05, 3.63) is 35.6 Å². The maximum Gasteiger partial charge on any atom is 0.224 e. The van der Waals surface area contributed by atoms with Gasteiger partial charge in [0.15, 0.2) is 0 Å². The Morgan fingerprint density at radius 1 is 1.12 bits per heavy atom. The van der Waals surface area contributed by atoms with Crippen LogP contribution < -0.4 is 10.6 Å². The summed E-state index contributed by atoms with van der Waals surface area (Å²) in [6, 6.07) is 6.98. The quantitative estimate of drug-likeness (QED) is 0.877. The topological polar surface area (TPSA) is 61.4 Å². The number of benzene rings is 1. The third-order valence-corrected chi connectivity index (χ3v) is 5.38. The summed E-state index contributed by atoms with van der Waals surface area (Å²) in [6.45, 7) is 1.55. The van der Waals surface area contributed by atoms with Gasteiger partial charge in [-0.3, -0.25) is 9.59 Å². The number of likely N-dealkylation sites (N-methyl/N-ethyl adjacent to an activating group) is 1. The van der Waals surface area contributed by atoms with Crippen LogP contribution in [0.2, 0.25) is 0 Å². The number of hydrogen-bond donors (Lipinski definition) is 2. The first-order chi connectivity index (χ1) is 11.9. The smallest absolute Gasteiger partial charge is 0.224 e. The molecule has 2 aliphatic rings. The molecular weight excluding hydrogens is 321 g/mol. The second-order valence-corrected chi connectivity index (χ2v) is 7.23. The van der Waals surface area contributed by atoms with E-state index in [1.807, 2.05) is 7.05 Å². The van der Waals surface area contributed by atoms with E-state index in [1.165, 1.54) is 12.1 Å². The summed E-state index contributed by atoms with van der Waals surface area (Å²) >= 11 is 0. The standard InChI is InChI=1S/C19H26FN3O2/c1-12(24)21-15-7-9-16(10-8-15)22-17-11-18(25)23(2)19(17)13-3-5-14(20)6-4-13/h3-6,15-17,19,22H,7-11H2,1-2H3,(H,21,24)/t15?,16?,17-,19-/m1/s1. The molecule has 6 heteroatoms. The van der Waals surface area contributed by atoms with Gasteiger partial charge in [0.25, 0.3) is 0 Å². The minimum absolute atomic E-state index is 0.0239. The van der Waals surface area contributed by atoms with Crippen molar-refractivity contribution in [1.29, 1.82) is 0 Å². The molecule has 1 saturated heterocycles. The van der Waals surface area contributed by atoms with Crippen molar-refractivity contribution in [1.82, 2.24) is 15.5 Å². The molecule has 1 aromatic carbocycles. The lowest BCUT2D eigenvalue weighted by atomic mass is 9.89. The number of carbonyl (C=O) groups is 2. The molecule has 1 saturated carbocycles. The van der Waals surface area contributed by atoms with E-state index in [4.69, 9.17) is 0 Å². The van der Waals surface area contributed by atoms with E-state index in [1.54, 1.807) is 24.0 Å². The van der Waals surface area contributed by atoms with Crippen LogP contribution in [0.25, 0.3) is 0 Å². The molecule has 0 bridgehead atoms. The van der Waals surface area contributed by atoms with Crippen LogP contribution in [-0.4, -0.2) is 41.9 Å². The monoisotopic (exact) mass is 347 g/mol. The van der Waals surface area contributed by atoms with Crippen molar-refractivity contribution in [2.75, 3.05) is 7.05 Å². The van der Waals surface area contributed by atoms with Crippen molar-refractivity contribution in [2.24, 2.45) is 0 Å². The fraction of sp³-hybridized carbons (Fsp3) is 0.579. The van der Waals surface area contributed by atoms with Crippen molar-refractivity contribution < 1.29 is 14.0 Å². The van der Waals surface area contributed by atoms with Gasteiger partial charge in [0, 0.05) is 38.5 Å². The molecule has 0 unspecified atom stereocenters. The van der Waals surface area contributed by atoms with Crippen molar-refractivity contribution in [2.45, 2.75) is 63.2 Å². The molecule has 0 aromatic heterocycles. The van der Waals surface area contributed by atoms with Gasteiger partial charge in [-0.1, -0.05) is 12.1 Å². The summed E-state index contributed by atoms with van der Waals surface area (Å²) in [5.74, 6) is -0.133. The summed E-state index contributed by atoms with van der Waals surface area (Å²) in [4.78, 5) is 25.1. The van der Waals surface area contributed by atoms with Crippen molar-refractivity contribution in [3.8, 4) is 0 Å². The summed E-state index contributed by atoms with van der Waals surface area (Å²) in [5.41, 5.74) is 0.958. The number of nitrogens with zero attached hydrogens (tertiary/aromatic N) is 1. The Kier molecular flexibility index (Phi) is 5.37. The lowest BCUT2D eigenvalue weighted by molar-refractivity contribution is -0.127. The predicted molar refractivity (Wildman–Crippen MR) is 93.3 cm³/mol. The van der Waals surface area contributed by atoms with Crippen LogP contribution in [0, 0.1) is 5.82 Å². The average Bonchev–Trinajstić information content (AvgIpc) is 2.84. The average molecular weight is 347 g/mol. The molecule has 1 aliphatic heterocycles. The van der Waals surface area contributed by atoms with Crippen LogP contribution in [0.1, 0.15) is 50.6 Å². The van der Waals surface area contributed by atoms with E-state index in [9.17, 15) is 14.0 Å². The summed E-state index contributed by atoms with van der Waals surface area (Å²) in [6.07, 6.45) is 4.33. The molecule has 2 atom stereocenters. The Labute approximate surface area is 148 Å². The first-order valence-corrected chi connectivity index (χ1v) is 8.98.